The highest BCUT2D eigenvalue weighted by atomic mass is 79.9. The minimum atomic E-state index is -0.270. The molecule has 3 aliphatic rings. The second-order valence-electron chi connectivity index (χ2n) is 10.1. The number of aliphatic hydroxyl groups is 1. The number of carbonyl (C=O) groups excluding carboxylic acids is 1. The first-order chi connectivity index (χ1) is 16.4. The highest BCUT2D eigenvalue weighted by molar-refractivity contribution is 8.93. The van der Waals surface area contributed by atoms with Crippen LogP contribution in [-0.4, -0.2) is 59.5 Å². The Morgan fingerprint density at radius 2 is 1.91 bits per heavy atom. The van der Waals surface area contributed by atoms with Gasteiger partial charge < -0.3 is 19.6 Å². The summed E-state index contributed by atoms with van der Waals surface area (Å²) >= 11 is 0. The van der Waals surface area contributed by atoms with Crippen LogP contribution in [0.5, 0.6) is 5.75 Å². The van der Waals surface area contributed by atoms with Gasteiger partial charge in [-0.2, -0.15) is 0 Å². The largest absolute Gasteiger partial charge is 0.494 e. The van der Waals surface area contributed by atoms with Gasteiger partial charge in [-0.05, 0) is 55.4 Å². The van der Waals surface area contributed by atoms with Crippen LogP contribution in [0.15, 0.2) is 24.3 Å². The molecule has 0 atom stereocenters. The number of nitrogens with one attached hydrogen (secondary N) is 1. The number of halogens is 1. The van der Waals surface area contributed by atoms with E-state index >= 15 is 0 Å². The number of pyridine rings is 1. The Bertz CT molecular complexity index is 1120. The molecule has 188 valence electrons. The van der Waals surface area contributed by atoms with Gasteiger partial charge in [0.05, 0.1) is 25.4 Å². The minimum Gasteiger partial charge on any atom is -0.494 e. The van der Waals surface area contributed by atoms with E-state index in [9.17, 15) is 9.90 Å². The molecule has 3 heterocycles. The van der Waals surface area contributed by atoms with Crippen molar-refractivity contribution >= 4 is 34.3 Å². The highest BCUT2D eigenvalue weighted by Crippen LogP contribution is 2.40. The Kier molecular flexibility index (Phi) is 7.52. The molecule has 1 saturated carbocycles. The van der Waals surface area contributed by atoms with Crippen molar-refractivity contribution in [3.8, 4) is 5.75 Å². The maximum Gasteiger partial charge on any atom is 0.182 e. The maximum atomic E-state index is 13.5. The van der Waals surface area contributed by atoms with Crippen molar-refractivity contribution < 1.29 is 14.6 Å². The molecule has 2 aliphatic heterocycles. The summed E-state index contributed by atoms with van der Waals surface area (Å²) < 4.78 is 5.81. The van der Waals surface area contributed by atoms with Crippen molar-refractivity contribution in [3.05, 3.63) is 52.3 Å². The van der Waals surface area contributed by atoms with Gasteiger partial charge in [-0.25, -0.2) is 4.98 Å². The number of rotatable bonds is 7. The lowest BCUT2D eigenvalue weighted by Gasteiger charge is -2.33. The third-order valence-corrected chi connectivity index (χ3v) is 7.28. The second-order valence-corrected chi connectivity index (χ2v) is 10.1. The van der Waals surface area contributed by atoms with Gasteiger partial charge >= 0.3 is 0 Å². The number of ether oxygens (including phenoxy) is 1. The molecule has 8 heteroatoms. The van der Waals surface area contributed by atoms with Gasteiger partial charge in [0.15, 0.2) is 5.78 Å². The second kappa shape index (κ2) is 10.3. The zero-order valence-corrected chi connectivity index (χ0v) is 22.4. The topological polar surface area (TPSA) is 89.8 Å². The standard InChI is InChI=1S/C27H34N4O3.BrH/c1-16(2)21-12-19(13-23(26(21)34-3)30-10-8-20(32)9-11-30)24(33)15-31-14-18-6-7-22(17-4-5-17)29-25(18)27(31)28;/h6-7,12-13,16-17,20,28,32H,4-5,8-11,14-15H2,1-3H3;1H. The molecule has 1 aromatic heterocycles. The predicted molar refractivity (Wildman–Crippen MR) is 143 cm³/mol. The molecular formula is C27H35BrN4O3. The zero-order chi connectivity index (χ0) is 24.0. The molecule has 2 N–H and O–H groups in total. The molecule has 2 fully saturated rings. The van der Waals surface area contributed by atoms with Crippen molar-refractivity contribution in [1.82, 2.24) is 9.88 Å². The van der Waals surface area contributed by atoms with Gasteiger partial charge in [-0.3, -0.25) is 10.2 Å². The Labute approximate surface area is 217 Å². The molecule has 1 aliphatic carbocycles. The Morgan fingerprint density at radius 1 is 1.20 bits per heavy atom. The van der Waals surface area contributed by atoms with Gasteiger partial charge in [-0.1, -0.05) is 19.9 Å². The van der Waals surface area contributed by atoms with E-state index < -0.39 is 0 Å². The number of ketones is 1. The van der Waals surface area contributed by atoms with Crippen molar-refractivity contribution in [2.75, 3.05) is 31.6 Å². The van der Waals surface area contributed by atoms with Crippen LogP contribution in [0.25, 0.3) is 0 Å². The lowest BCUT2D eigenvalue weighted by molar-refractivity contribution is 0.0962. The van der Waals surface area contributed by atoms with Crippen molar-refractivity contribution in [2.24, 2.45) is 0 Å². The van der Waals surface area contributed by atoms with Crippen LogP contribution in [0.1, 0.15) is 84.2 Å². The van der Waals surface area contributed by atoms with Gasteiger partial charge in [0.25, 0.3) is 0 Å². The fourth-order valence-corrected chi connectivity index (χ4v) is 5.07. The first kappa shape index (κ1) is 25.6. The first-order valence-corrected chi connectivity index (χ1v) is 12.4. The molecule has 0 unspecified atom stereocenters. The third kappa shape index (κ3) is 5.09. The normalized spacial score (nSPS) is 18.0. The van der Waals surface area contributed by atoms with E-state index in [2.05, 4.69) is 30.9 Å². The number of hydrogen-bond acceptors (Lipinski definition) is 6. The number of piperidine rings is 1. The zero-order valence-electron chi connectivity index (χ0n) is 20.7. The van der Waals surface area contributed by atoms with Crippen molar-refractivity contribution in [3.63, 3.8) is 0 Å². The van der Waals surface area contributed by atoms with Crippen LogP contribution in [0.2, 0.25) is 0 Å². The summed E-state index contributed by atoms with van der Waals surface area (Å²) in [6.07, 6.45) is 3.49. The number of benzene rings is 1. The molecule has 0 bridgehead atoms. The lowest BCUT2D eigenvalue weighted by Crippen LogP contribution is -2.36. The first-order valence-electron chi connectivity index (χ1n) is 12.4. The molecule has 0 amide bonds. The van der Waals surface area contributed by atoms with Gasteiger partial charge in [0.2, 0.25) is 0 Å². The summed E-state index contributed by atoms with van der Waals surface area (Å²) in [5.41, 5.74) is 5.38. The Morgan fingerprint density at radius 3 is 2.54 bits per heavy atom. The monoisotopic (exact) mass is 542 g/mol. The molecule has 7 nitrogen and oxygen atoms in total. The average molecular weight is 544 g/mol. The quantitative estimate of drug-likeness (QED) is 0.494. The van der Waals surface area contributed by atoms with E-state index in [0.717, 1.165) is 47.0 Å². The molecule has 1 aromatic carbocycles. The number of Topliss-reactive ketones (excluding diaryl/α,β-unsaturated/α-hetero) is 1. The van der Waals surface area contributed by atoms with Crippen LogP contribution in [0.3, 0.4) is 0 Å². The fraction of sp³-hybridized carbons (Fsp3) is 0.519. The van der Waals surface area contributed by atoms with Crippen LogP contribution < -0.4 is 9.64 Å². The average Bonchev–Trinajstić information content (AvgIpc) is 3.64. The summed E-state index contributed by atoms with van der Waals surface area (Å²) in [6.45, 7) is 6.36. The van der Waals surface area contributed by atoms with Crippen LogP contribution in [-0.2, 0) is 6.54 Å². The SMILES string of the molecule is Br.COc1c(C(C)C)cc(C(=O)CN2Cc3ccc(C4CC4)nc3C2=N)cc1N1CCC(O)CC1. The van der Waals surface area contributed by atoms with Crippen LogP contribution in [0, 0.1) is 5.41 Å². The lowest BCUT2D eigenvalue weighted by atomic mass is 9.95. The summed E-state index contributed by atoms with van der Waals surface area (Å²) in [4.78, 5) is 22.3. The minimum absolute atomic E-state index is 0. The predicted octanol–water partition coefficient (Wildman–Crippen LogP) is 4.65. The number of nitrogens with zero attached hydrogens (tertiary/aromatic N) is 3. The Balaban J connectivity index is 0.00000289. The number of hydrogen-bond donors (Lipinski definition) is 2. The molecule has 5 rings (SSSR count). The van der Waals surface area contributed by atoms with Crippen LogP contribution in [0.4, 0.5) is 5.69 Å². The summed E-state index contributed by atoms with van der Waals surface area (Å²) in [5, 5.41) is 18.6. The molecule has 2 aromatic rings. The molecule has 0 spiro atoms. The van der Waals surface area contributed by atoms with Gasteiger partial charge in [0, 0.05) is 42.4 Å². The van der Waals surface area contributed by atoms with Gasteiger partial charge in [0.1, 0.15) is 17.3 Å². The number of aliphatic hydroxyl groups excluding tert-OH is 1. The van der Waals surface area contributed by atoms with E-state index in [1.165, 1.54) is 12.8 Å². The Hall–Kier alpha value is -2.45. The summed E-state index contributed by atoms with van der Waals surface area (Å²) in [6, 6.07) is 8.03. The number of aromatic nitrogens is 1. The van der Waals surface area contributed by atoms with E-state index in [0.29, 0.717) is 36.7 Å². The van der Waals surface area contributed by atoms with Crippen molar-refractivity contribution in [2.45, 2.75) is 64.0 Å². The van der Waals surface area contributed by atoms with Gasteiger partial charge in [-0.15, -0.1) is 17.0 Å². The highest BCUT2D eigenvalue weighted by Gasteiger charge is 2.32. The molecule has 35 heavy (non-hydrogen) atoms. The van der Waals surface area contributed by atoms with Crippen LogP contribution >= 0.6 is 17.0 Å². The smallest absolute Gasteiger partial charge is 0.182 e. The summed E-state index contributed by atoms with van der Waals surface area (Å²) in [5.74, 6) is 1.87. The van der Waals surface area contributed by atoms with E-state index in [1.54, 1.807) is 7.11 Å². The maximum absolute atomic E-state index is 13.5. The number of methoxy groups -OCH3 is 1. The number of carbonyl (C=O) groups is 1. The summed E-state index contributed by atoms with van der Waals surface area (Å²) in [7, 11) is 1.68. The molecular weight excluding hydrogens is 508 g/mol. The number of fused-ring (bicyclic) bond motifs is 1. The molecule has 0 radical (unpaired) electrons. The number of anilines is 1. The van der Waals surface area contributed by atoms with E-state index in [1.807, 2.05) is 17.0 Å². The fourth-order valence-electron chi connectivity index (χ4n) is 5.07. The third-order valence-electron chi connectivity index (χ3n) is 7.28. The van der Waals surface area contributed by atoms with E-state index in [-0.39, 0.29) is 41.3 Å². The molecule has 1 saturated heterocycles. The van der Waals surface area contributed by atoms with E-state index in [4.69, 9.17) is 15.1 Å². The number of amidine groups is 1. The van der Waals surface area contributed by atoms with Crippen molar-refractivity contribution in [1.29, 1.82) is 5.41 Å².